The fourth-order valence-electron chi connectivity index (χ4n) is 1.12. The quantitative estimate of drug-likeness (QED) is 0.602. The van der Waals surface area contributed by atoms with Crippen LogP contribution in [0.4, 0.5) is 13.2 Å². The van der Waals surface area contributed by atoms with Crippen LogP contribution in [-0.2, 0) is 16.0 Å². The lowest BCUT2D eigenvalue weighted by atomic mass is 10.2. The molecule has 0 saturated carbocycles. The molecule has 0 atom stereocenters. The fraction of sp³-hybridized carbons (Fsp3) is 0.400. The van der Waals surface area contributed by atoms with Crippen LogP contribution in [0, 0.1) is 10.5 Å². The molecule has 0 bridgehead atoms. The second-order valence-corrected chi connectivity index (χ2v) is 4.49. The second kappa shape index (κ2) is 5.72. The van der Waals surface area contributed by atoms with E-state index < -0.39 is 18.2 Å². The van der Waals surface area contributed by atoms with Crippen LogP contribution in [-0.4, -0.2) is 24.4 Å². The van der Waals surface area contributed by atoms with Gasteiger partial charge in [0.1, 0.15) is 0 Å². The Hall–Kier alpha value is -1.06. The summed E-state index contributed by atoms with van der Waals surface area (Å²) >= 11 is 1.85. The maximum absolute atomic E-state index is 12.2. The Bertz CT molecular complexity index is 462. The van der Waals surface area contributed by atoms with Crippen LogP contribution >= 0.6 is 22.6 Å². The predicted molar refractivity (Wildman–Crippen MR) is 64.1 cm³/mol. The minimum Gasteiger partial charge on any atom is -0.469 e. The summed E-state index contributed by atoms with van der Waals surface area (Å²) in [6.07, 6.45) is -5.02. The number of alkyl halides is 3. The van der Waals surface area contributed by atoms with E-state index in [0.717, 1.165) is 0 Å². The molecule has 0 amide bonds. The first kappa shape index (κ1) is 15.0. The summed E-state index contributed by atoms with van der Waals surface area (Å²) in [4.78, 5) is 14.7. The number of hydrogen-bond acceptors (Lipinski definition) is 4. The number of hydrogen-bond donors (Lipinski definition) is 0. The molecule has 0 aliphatic heterocycles. The summed E-state index contributed by atoms with van der Waals surface area (Å²) in [5.74, 6) is -1.13. The number of pyridine rings is 1. The lowest BCUT2D eigenvalue weighted by Crippen LogP contribution is -2.19. The van der Waals surface area contributed by atoms with Gasteiger partial charge in [-0.2, -0.15) is 0 Å². The van der Waals surface area contributed by atoms with Crippen LogP contribution in [0.2, 0.25) is 0 Å². The zero-order valence-corrected chi connectivity index (χ0v) is 11.6. The molecule has 1 aromatic heterocycles. The van der Waals surface area contributed by atoms with Gasteiger partial charge in [-0.25, -0.2) is 4.98 Å². The maximum atomic E-state index is 12.2. The fourth-order valence-corrected chi connectivity index (χ4v) is 1.71. The van der Waals surface area contributed by atoms with Gasteiger partial charge in [-0.1, -0.05) is 0 Å². The van der Waals surface area contributed by atoms with Crippen molar-refractivity contribution >= 4 is 28.6 Å². The summed E-state index contributed by atoms with van der Waals surface area (Å²) in [6.45, 7) is 1.46. The molecule has 100 valence electrons. The van der Waals surface area contributed by atoms with E-state index in [1.807, 2.05) is 22.6 Å². The van der Waals surface area contributed by atoms with Gasteiger partial charge in [0, 0.05) is 9.13 Å². The van der Waals surface area contributed by atoms with Gasteiger partial charge in [-0.15, -0.1) is 13.2 Å². The first-order chi connectivity index (χ1) is 8.23. The van der Waals surface area contributed by atoms with Crippen molar-refractivity contribution in [3.8, 4) is 5.88 Å². The van der Waals surface area contributed by atoms with Gasteiger partial charge < -0.3 is 9.47 Å². The van der Waals surface area contributed by atoms with Crippen LogP contribution in [0.5, 0.6) is 5.88 Å². The van der Waals surface area contributed by atoms with E-state index >= 15 is 0 Å². The number of carbonyl (C=O) groups is 1. The van der Waals surface area contributed by atoms with Crippen molar-refractivity contribution in [1.82, 2.24) is 4.98 Å². The van der Waals surface area contributed by atoms with Crippen LogP contribution in [0.3, 0.4) is 0 Å². The van der Waals surface area contributed by atoms with Gasteiger partial charge in [-0.05, 0) is 35.6 Å². The zero-order chi connectivity index (χ0) is 13.9. The number of aromatic nitrogens is 1. The monoisotopic (exact) mass is 375 g/mol. The Labute approximate surface area is 115 Å². The predicted octanol–water partition coefficient (Wildman–Crippen LogP) is 2.61. The van der Waals surface area contributed by atoms with Gasteiger partial charge in [-0.3, -0.25) is 4.79 Å². The highest BCUT2D eigenvalue weighted by Gasteiger charge is 2.33. The van der Waals surface area contributed by atoms with E-state index in [4.69, 9.17) is 0 Å². The molecule has 4 nitrogen and oxygen atoms in total. The largest absolute Gasteiger partial charge is 0.574 e. The van der Waals surface area contributed by atoms with E-state index in [1.54, 1.807) is 0 Å². The Morgan fingerprint density at radius 1 is 1.50 bits per heavy atom. The van der Waals surface area contributed by atoms with Crippen molar-refractivity contribution in [2.75, 3.05) is 7.11 Å². The van der Waals surface area contributed by atoms with Crippen molar-refractivity contribution in [3.63, 3.8) is 0 Å². The summed E-state index contributed by atoms with van der Waals surface area (Å²) < 4.78 is 45.2. The molecule has 0 aliphatic carbocycles. The maximum Gasteiger partial charge on any atom is 0.574 e. The van der Waals surface area contributed by atoms with E-state index in [9.17, 15) is 18.0 Å². The average molecular weight is 375 g/mol. The molecule has 1 heterocycles. The van der Waals surface area contributed by atoms with Gasteiger partial charge >= 0.3 is 12.3 Å². The minimum atomic E-state index is -4.81. The number of halogens is 4. The molecule has 8 heteroatoms. The molecule has 0 radical (unpaired) electrons. The second-order valence-electron chi connectivity index (χ2n) is 3.33. The molecular formula is C10H9F3INO3. The molecule has 0 N–H and O–H groups in total. The normalized spacial score (nSPS) is 11.2. The van der Waals surface area contributed by atoms with Crippen molar-refractivity contribution in [3.05, 3.63) is 20.9 Å². The van der Waals surface area contributed by atoms with E-state index in [1.165, 1.54) is 20.1 Å². The van der Waals surface area contributed by atoms with Crippen LogP contribution in [0.15, 0.2) is 6.07 Å². The summed E-state index contributed by atoms with van der Waals surface area (Å²) in [5.41, 5.74) is 0.428. The highest BCUT2D eigenvalue weighted by molar-refractivity contribution is 14.1. The lowest BCUT2D eigenvalue weighted by Gasteiger charge is -2.12. The zero-order valence-electron chi connectivity index (χ0n) is 9.47. The number of rotatable bonds is 3. The third-order valence-electron chi connectivity index (χ3n) is 1.98. The van der Waals surface area contributed by atoms with Gasteiger partial charge in [0.05, 0.1) is 19.2 Å². The van der Waals surface area contributed by atoms with Crippen molar-refractivity contribution in [2.45, 2.75) is 19.7 Å². The Balaban J connectivity index is 3.06. The molecule has 0 aliphatic rings. The molecular weight excluding hydrogens is 366 g/mol. The number of methoxy groups -OCH3 is 1. The molecule has 0 saturated heterocycles. The Kier molecular flexibility index (Phi) is 4.77. The van der Waals surface area contributed by atoms with Gasteiger partial charge in [0.25, 0.3) is 0 Å². The summed E-state index contributed by atoms with van der Waals surface area (Å²) in [6, 6.07) is 1.51. The molecule has 0 fully saturated rings. The number of carbonyl (C=O) groups excluding carboxylic acids is 1. The third-order valence-corrected chi connectivity index (χ3v) is 3.10. The average Bonchev–Trinajstić information content (AvgIpc) is 2.23. The number of nitrogens with zero attached hydrogens (tertiary/aromatic N) is 1. The lowest BCUT2D eigenvalue weighted by molar-refractivity contribution is -0.276. The minimum absolute atomic E-state index is 0.163. The van der Waals surface area contributed by atoms with E-state index in [-0.39, 0.29) is 17.7 Å². The van der Waals surface area contributed by atoms with Gasteiger partial charge in [0.15, 0.2) is 0 Å². The van der Waals surface area contributed by atoms with E-state index in [0.29, 0.717) is 3.57 Å². The number of ether oxygens (including phenoxy) is 2. The Morgan fingerprint density at radius 2 is 2.11 bits per heavy atom. The van der Waals surface area contributed by atoms with Gasteiger partial charge in [0.2, 0.25) is 5.88 Å². The highest BCUT2D eigenvalue weighted by atomic mass is 127. The first-order valence-corrected chi connectivity index (χ1v) is 5.79. The molecule has 18 heavy (non-hydrogen) atoms. The molecule has 1 rings (SSSR count). The smallest absolute Gasteiger partial charge is 0.469 e. The van der Waals surface area contributed by atoms with Crippen LogP contribution < -0.4 is 4.74 Å². The van der Waals surface area contributed by atoms with Crippen molar-refractivity contribution in [2.24, 2.45) is 0 Å². The molecule has 0 unspecified atom stereocenters. The standard InChI is InChI=1S/C10H9F3INO3/c1-5-7(14)3-6(4-8(16)17-2)15-9(5)18-10(11,12)13/h3H,4H2,1-2H3. The Morgan fingerprint density at radius 3 is 2.61 bits per heavy atom. The topological polar surface area (TPSA) is 48.4 Å². The van der Waals surface area contributed by atoms with E-state index in [2.05, 4.69) is 14.5 Å². The third kappa shape index (κ3) is 4.31. The SMILES string of the molecule is COC(=O)Cc1cc(I)c(C)c(OC(F)(F)F)n1. The highest BCUT2D eigenvalue weighted by Crippen LogP contribution is 2.27. The molecule has 1 aromatic rings. The first-order valence-electron chi connectivity index (χ1n) is 4.71. The van der Waals surface area contributed by atoms with Crippen LogP contribution in [0.1, 0.15) is 11.3 Å². The molecule has 0 spiro atoms. The summed E-state index contributed by atoms with van der Waals surface area (Å²) in [5, 5.41) is 0. The van der Waals surface area contributed by atoms with Crippen molar-refractivity contribution < 1.29 is 27.4 Å². The van der Waals surface area contributed by atoms with Crippen LogP contribution in [0.25, 0.3) is 0 Å². The van der Waals surface area contributed by atoms with Crippen molar-refractivity contribution in [1.29, 1.82) is 0 Å². The number of esters is 1. The summed E-state index contributed by atoms with van der Waals surface area (Å²) in [7, 11) is 1.19. The molecule has 0 aromatic carbocycles.